The van der Waals surface area contributed by atoms with Crippen LogP contribution in [-0.4, -0.2) is 149 Å². The summed E-state index contributed by atoms with van der Waals surface area (Å²) < 4.78 is 0. The van der Waals surface area contributed by atoms with E-state index in [1.165, 1.54) is 12.5 Å². The van der Waals surface area contributed by atoms with E-state index in [1.54, 1.807) is 27.7 Å². The zero-order valence-corrected chi connectivity index (χ0v) is 39.6. The van der Waals surface area contributed by atoms with Crippen LogP contribution in [0.15, 0.2) is 12.5 Å². The number of aromatic amines is 1. The first-order valence-corrected chi connectivity index (χ1v) is 22.8. The summed E-state index contributed by atoms with van der Waals surface area (Å²) in [5.41, 5.74) is 22.2. The van der Waals surface area contributed by atoms with Gasteiger partial charge in [-0.2, -0.15) is 12.6 Å². The number of aliphatic carboxylic acids is 1. The zero-order chi connectivity index (χ0) is 50.6. The van der Waals surface area contributed by atoms with Crippen molar-refractivity contribution in [1.29, 1.82) is 10.8 Å². The molecule has 0 aliphatic rings. The molecular formula is C40H73N17O9S. The first kappa shape index (κ1) is 58.8. The molecule has 0 saturated carbocycles. The van der Waals surface area contributed by atoms with Crippen molar-refractivity contribution < 1.29 is 43.5 Å². The maximum Gasteiger partial charge on any atom is 0.326 e. The van der Waals surface area contributed by atoms with E-state index in [0.717, 1.165) is 0 Å². The Labute approximate surface area is 395 Å². The molecule has 1 heterocycles. The number of carbonyl (C=O) groups excluding carboxylic acids is 7. The number of rotatable bonds is 33. The number of carboxylic acid groups (broad SMARTS) is 1. The molecule has 7 amide bonds. The third-order valence-electron chi connectivity index (χ3n) is 10.0. The number of carbonyl (C=O) groups is 8. The number of imidazole rings is 1. The molecule has 0 aromatic carbocycles. The summed E-state index contributed by atoms with van der Waals surface area (Å²) >= 11 is 4.14. The highest BCUT2D eigenvalue weighted by atomic mass is 32.1. The van der Waals surface area contributed by atoms with Crippen LogP contribution in [0.1, 0.15) is 84.8 Å². The SMILES string of the molecule is CC(C)C[C@H](NC(=O)[C@@H](NC(=O)[C@H](CCCCN)NC(=O)[C@H](CS)NC(=O)CN)C(C)C)C(=O)N[C@@H](CCCNC(=N)N)C(=O)N[C@@H](CCCNC(=N)N)C(=O)N[C@@H](Cc1c[nH]cn1)C(=O)O. The summed E-state index contributed by atoms with van der Waals surface area (Å²) in [6.45, 7) is 7.12. The normalized spacial score (nSPS) is 14.2. The molecule has 26 nitrogen and oxygen atoms in total. The largest absolute Gasteiger partial charge is 0.480 e. The lowest BCUT2D eigenvalue weighted by atomic mass is 9.98. The van der Waals surface area contributed by atoms with Crippen LogP contribution in [0.5, 0.6) is 0 Å². The van der Waals surface area contributed by atoms with E-state index in [1.807, 2.05) is 0 Å². The fraction of sp³-hybridized carbons (Fsp3) is 0.675. The zero-order valence-electron chi connectivity index (χ0n) is 38.7. The number of hydrogen-bond acceptors (Lipinski definition) is 14. The fourth-order valence-corrected chi connectivity index (χ4v) is 6.72. The molecule has 27 heteroatoms. The van der Waals surface area contributed by atoms with Crippen LogP contribution >= 0.6 is 12.6 Å². The molecule has 0 fully saturated rings. The van der Waals surface area contributed by atoms with Crippen LogP contribution in [0.4, 0.5) is 0 Å². The number of carboxylic acids is 1. The van der Waals surface area contributed by atoms with Gasteiger partial charge in [-0.15, -0.1) is 0 Å². The van der Waals surface area contributed by atoms with Gasteiger partial charge in [-0.3, -0.25) is 44.4 Å². The average Bonchev–Trinajstić information content (AvgIpc) is 3.78. The third-order valence-corrected chi connectivity index (χ3v) is 10.4. The molecule has 7 atom stereocenters. The summed E-state index contributed by atoms with van der Waals surface area (Å²) in [5, 5.41) is 48.3. The lowest BCUT2D eigenvalue weighted by molar-refractivity contribution is -0.142. The summed E-state index contributed by atoms with van der Waals surface area (Å²) in [6.07, 6.45) is 4.08. The second kappa shape index (κ2) is 31.7. The van der Waals surface area contributed by atoms with Gasteiger partial charge in [0.2, 0.25) is 41.4 Å². The molecule has 0 aliphatic carbocycles. The van der Waals surface area contributed by atoms with E-state index < -0.39 is 95.5 Å². The second-order valence-electron chi connectivity index (χ2n) is 16.5. The van der Waals surface area contributed by atoms with E-state index in [0.29, 0.717) is 25.1 Å². The Morgan fingerprint density at radius 1 is 0.657 bits per heavy atom. The monoisotopic (exact) mass is 968 g/mol. The minimum absolute atomic E-state index is 0.0499. The van der Waals surface area contributed by atoms with Crippen LogP contribution in [0.25, 0.3) is 0 Å². The number of hydrogen-bond donors (Lipinski definition) is 18. The van der Waals surface area contributed by atoms with Gasteiger partial charge in [0.25, 0.3) is 0 Å². The van der Waals surface area contributed by atoms with Crippen molar-refractivity contribution in [3.63, 3.8) is 0 Å². The van der Waals surface area contributed by atoms with Crippen molar-refractivity contribution >= 4 is 71.9 Å². The maximum atomic E-state index is 14.2. The smallest absolute Gasteiger partial charge is 0.326 e. The Hall–Kier alpha value is -6.22. The molecule has 0 bridgehead atoms. The topological polar surface area (TPSA) is 446 Å². The average molecular weight is 968 g/mol. The van der Waals surface area contributed by atoms with Crippen molar-refractivity contribution in [2.45, 2.75) is 128 Å². The first-order chi connectivity index (χ1) is 31.6. The molecule has 21 N–H and O–H groups in total. The van der Waals surface area contributed by atoms with Gasteiger partial charge in [-0.1, -0.05) is 27.7 Å². The highest BCUT2D eigenvalue weighted by Gasteiger charge is 2.35. The summed E-state index contributed by atoms with van der Waals surface area (Å²) in [7, 11) is 0. The Bertz CT molecular complexity index is 1790. The van der Waals surface area contributed by atoms with E-state index >= 15 is 0 Å². The molecule has 1 rings (SSSR count). The Morgan fingerprint density at radius 2 is 1.12 bits per heavy atom. The van der Waals surface area contributed by atoms with Crippen molar-refractivity contribution in [3.8, 4) is 0 Å². The molecule has 378 valence electrons. The van der Waals surface area contributed by atoms with Crippen LogP contribution in [-0.2, 0) is 44.8 Å². The van der Waals surface area contributed by atoms with E-state index in [9.17, 15) is 43.5 Å². The van der Waals surface area contributed by atoms with Gasteiger partial charge in [-0.25, -0.2) is 9.78 Å². The molecule has 67 heavy (non-hydrogen) atoms. The Balaban J connectivity index is 3.44. The number of thiol groups is 1. The molecule has 0 aliphatic heterocycles. The number of guanidine groups is 2. The Morgan fingerprint density at radius 3 is 1.54 bits per heavy atom. The lowest BCUT2D eigenvalue weighted by Crippen LogP contribution is -2.61. The van der Waals surface area contributed by atoms with Gasteiger partial charge in [0, 0.05) is 31.5 Å². The molecule has 1 aromatic rings. The van der Waals surface area contributed by atoms with Crippen molar-refractivity contribution in [1.82, 2.24) is 57.8 Å². The second-order valence-corrected chi connectivity index (χ2v) is 16.9. The highest BCUT2D eigenvalue weighted by molar-refractivity contribution is 7.80. The summed E-state index contributed by atoms with van der Waals surface area (Å²) in [6, 6.07) is -8.85. The number of amides is 7. The van der Waals surface area contributed by atoms with Gasteiger partial charge in [-0.05, 0) is 69.7 Å². The van der Waals surface area contributed by atoms with Gasteiger partial charge in [0.15, 0.2) is 11.9 Å². The molecule has 0 unspecified atom stereocenters. The Kier molecular flexibility index (Phi) is 27.8. The molecule has 0 spiro atoms. The highest BCUT2D eigenvalue weighted by Crippen LogP contribution is 2.12. The standard InChI is InChI=1S/C40H73N17O9S/c1-21(2)15-27(55-37(64)31(22(3)4)57-34(61)24(9-5-6-12-41)54-36(63)29(19-67)51-30(58)17-42)35(62)53-25(10-7-13-48-39(43)44)32(59)52-26(11-8-14-49-40(45)46)33(60)56-28(38(65)66)16-23-18-47-20-50-23/h18,20-22,24-29,31,67H,5-17,19,41-42H2,1-4H3,(H,47,50)(H,51,58)(H,52,59)(H,53,62)(H,54,63)(H,55,64)(H,56,60)(H,57,61)(H,65,66)(H4,43,44,48)(H4,45,46,49)/t24-,25-,26-,27-,28-,29-,31-/m0/s1. The molecule has 0 radical (unpaired) electrons. The van der Waals surface area contributed by atoms with Crippen molar-refractivity contribution in [3.05, 3.63) is 18.2 Å². The van der Waals surface area contributed by atoms with Crippen LogP contribution in [0.2, 0.25) is 0 Å². The number of H-pyrrole nitrogens is 1. The molecular weight excluding hydrogens is 895 g/mol. The predicted molar refractivity (Wildman–Crippen MR) is 252 cm³/mol. The summed E-state index contributed by atoms with van der Waals surface area (Å²) in [4.78, 5) is 114. The fourth-order valence-electron chi connectivity index (χ4n) is 6.46. The molecule has 0 saturated heterocycles. The number of nitrogens with two attached hydrogens (primary N) is 4. The van der Waals surface area contributed by atoms with Gasteiger partial charge in [0.1, 0.15) is 42.3 Å². The predicted octanol–water partition coefficient (Wildman–Crippen LogP) is -4.32. The van der Waals surface area contributed by atoms with Crippen molar-refractivity contribution in [2.75, 3.05) is 31.9 Å². The maximum absolute atomic E-state index is 14.2. The third kappa shape index (κ3) is 23.7. The van der Waals surface area contributed by atoms with Gasteiger partial charge < -0.3 is 80.9 Å². The van der Waals surface area contributed by atoms with Crippen LogP contribution < -0.4 is 70.8 Å². The van der Waals surface area contributed by atoms with Gasteiger partial charge in [0.05, 0.1) is 18.6 Å². The number of unbranched alkanes of at least 4 members (excludes halogenated alkanes) is 1. The van der Waals surface area contributed by atoms with Gasteiger partial charge >= 0.3 is 5.97 Å². The van der Waals surface area contributed by atoms with Crippen LogP contribution in [0, 0.1) is 22.7 Å². The minimum Gasteiger partial charge on any atom is -0.480 e. The number of nitrogens with zero attached hydrogens (tertiary/aromatic N) is 1. The van der Waals surface area contributed by atoms with E-state index in [-0.39, 0.29) is 88.2 Å². The van der Waals surface area contributed by atoms with Crippen LogP contribution in [0.3, 0.4) is 0 Å². The van der Waals surface area contributed by atoms with E-state index in [4.69, 9.17) is 33.8 Å². The van der Waals surface area contributed by atoms with E-state index in [2.05, 4.69) is 70.4 Å². The molecule has 1 aromatic heterocycles. The quantitative estimate of drug-likeness (QED) is 0.0137. The number of nitrogens with one attached hydrogen (secondary N) is 12. The minimum atomic E-state index is -1.43. The lowest BCUT2D eigenvalue weighted by Gasteiger charge is -2.29. The first-order valence-electron chi connectivity index (χ1n) is 22.1. The number of aromatic nitrogens is 2. The van der Waals surface area contributed by atoms with Crippen molar-refractivity contribution in [2.24, 2.45) is 34.8 Å². The summed E-state index contributed by atoms with van der Waals surface area (Å²) in [5.74, 6) is -8.08.